The molecule has 2 aromatic heterocycles. The van der Waals surface area contributed by atoms with Gasteiger partial charge in [0.1, 0.15) is 0 Å². The molecule has 0 spiro atoms. The number of anilines is 1. The molecule has 0 radical (unpaired) electrons. The number of carbonyl (C=O) groups excluding carboxylic acids is 3. The van der Waals surface area contributed by atoms with Gasteiger partial charge in [-0.05, 0) is 38.5 Å². The molecule has 3 aromatic rings. The van der Waals surface area contributed by atoms with Crippen LogP contribution in [0.2, 0.25) is 0 Å². The summed E-state index contributed by atoms with van der Waals surface area (Å²) in [5.41, 5.74) is 8.66. The van der Waals surface area contributed by atoms with Crippen molar-refractivity contribution in [2.75, 3.05) is 11.4 Å². The summed E-state index contributed by atoms with van der Waals surface area (Å²) < 4.78 is 1.99. The lowest BCUT2D eigenvalue weighted by molar-refractivity contribution is -0.121. The van der Waals surface area contributed by atoms with E-state index in [0.717, 1.165) is 23.5 Å². The second-order valence-electron chi connectivity index (χ2n) is 7.41. The molecule has 3 heterocycles. The second-order valence-corrected chi connectivity index (χ2v) is 8.24. The number of thiazole rings is 1. The van der Waals surface area contributed by atoms with Gasteiger partial charge in [0, 0.05) is 35.4 Å². The van der Waals surface area contributed by atoms with Gasteiger partial charge in [-0.3, -0.25) is 30.1 Å². The van der Waals surface area contributed by atoms with Crippen molar-refractivity contribution >= 4 is 34.2 Å². The molecular formula is C22H23N5O3S. The minimum absolute atomic E-state index is 0.0157. The molecule has 1 aliphatic rings. The SMILES string of the molecule is Cc1cc(C(=O)NNC(=O)Cc2csc(N3CCCC3=O)n2)c(C)n1-c1ccccc1. The van der Waals surface area contributed by atoms with Crippen LogP contribution in [-0.2, 0) is 16.0 Å². The molecule has 1 aromatic carbocycles. The molecule has 8 nitrogen and oxygen atoms in total. The van der Waals surface area contributed by atoms with Crippen molar-refractivity contribution in [1.82, 2.24) is 20.4 Å². The van der Waals surface area contributed by atoms with Crippen molar-refractivity contribution in [3.8, 4) is 5.69 Å². The zero-order chi connectivity index (χ0) is 22.0. The molecule has 4 rings (SSSR count). The van der Waals surface area contributed by atoms with Crippen LogP contribution in [0.1, 0.15) is 40.3 Å². The van der Waals surface area contributed by atoms with Gasteiger partial charge in [0.25, 0.3) is 5.91 Å². The van der Waals surface area contributed by atoms with Gasteiger partial charge in [0.2, 0.25) is 11.8 Å². The normalized spacial score (nSPS) is 13.5. The first-order valence-corrected chi connectivity index (χ1v) is 10.9. The summed E-state index contributed by atoms with van der Waals surface area (Å²) in [5, 5.41) is 2.37. The van der Waals surface area contributed by atoms with E-state index in [1.807, 2.05) is 48.7 Å². The smallest absolute Gasteiger partial charge is 0.271 e. The second kappa shape index (κ2) is 8.73. The number of hydrogen-bond donors (Lipinski definition) is 2. The average Bonchev–Trinajstić information content (AvgIpc) is 3.46. The fourth-order valence-electron chi connectivity index (χ4n) is 3.72. The lowest BCUT2D eigenvalue weighted by Gasteiger charge is -2.10. The average molecular weight is 438 g/mol. The summed E-state index contributed by atoms with van der Waals surface area (Å²) in [6.07, 6.45) is 1.37. The minimum Gasteiger partial charge on any atom is -0.318 e. The van der Waals surface area contributed by atoms with Crippen LogP contribution < -0.4 is 15.8 Å². The maximum atomic E-state index is 12.6. The van der Waals surface area contributed by atoms with Crippen LogP contribution in [0.3, 0.4) is 0 Å². The highest BCUT2D eigenvalue weighted by Crippen LogP contribution is 2.25. The molecule has 2 N–H and O–H groups in total. The van der Waals surface area contributed by atoms with Crippen molar-refractivity contribution in [3.05, 3.63) is 64.4 Å². The summed E-state index contributed by atoms with van der Waals surface area (Å²) >= 11 is 1.34. The highest BCUT2D eigenvalue weighted by molar-refractivity contribution is 7.14. The first kappa shape index (κ1) is 20.8. The number of benzene rings is 1. The fourth-order valence-corrected chi connectivity index (χ4v) is 4.59. The number of nitrogens with one attached hydrogen (secondary N) is 2. The van der Waals surface area contributed by atoms with E-state index in [0.29, 0.717) is 29.4 Å². The Hall–Kier alpha value is -3.46. The number of hydrazine groups is 1. The van der Waals surface area contributed by atoms with Crippen LogP contribution in [0.15, 0.2) is 41.8 Å². The molecular weight excluding hydrogens is 414 g/mol. The minimum atomic E-state index is -0.384. The van der Waals surface area contributed by atoms with Crippen LogP contribution in [0.25, 0.3) is 5.69 Å². The molecule has 0 atom stereocenters. The van der Waals surface area contributed by atoms with E-state index >= 15 is 0 Å². The topological polar surface area (TPSA) is 96.3 Å². The molecule has 0 bridgehead atoms. The number of aryl methyl sites for hydroxylation is 1. The highest BCUT2D eigenvalue weighted by Gasteiger charge is 2.24. The molecule has 1 fully saturated rings. The monoisotopic (exact) mass is 437 g/mol. The third-order valence-corrected chi connectivity index (χ3v) is 6.10. The van der Waals surface area contributed by atoms with Crippen LogP contribution in [0.4, 0.5) is 5.13 Å². The van der Waals surface area contributed by atoms with Gasteiger partial charge in [-0.25, -0.2) is 4.98 Å². The van der Waals surface area contributed by atoms with Gasteiger partial charge in [-0.15, -0.1) is 11.3 Å². The van der Waals surface area contributed by atoms with Crippen LogP contribution in [0.5, 0.6) is 0 Å². The zero-order valence-corrected chi connectivity index (χ0v) is 18.2. The molecule has 0 aliphatic carbocycles. The Bertz CT molecular complexity index is 1140. The molecule has 1 aliphatic heterocycles. The van der Waals surface area contributed by atoms with Gasteiger partial charge in [0.05, 0.1) is 17.7 Å². The van der Waals surface area contributed by atoms with E-state index in [4.69, 9.17) is 0 Å². The Kier molecular flexibility index (Phi) is 5.85. The van der Waals surface area contributed by atoms with E-state index in [2.05, 4.69) is 15.8 Å². The first-order valence-electron chi connectivity index (χ1n) is 10.0. The molecule has 1 saturated heterocycles. The number of rotatable bonds is 5. The summed E-state index contributed by atoms with van der Waals surface area (Å²) in [6, 6.07) is 11.6. The Labute approximate surface area is 183 Å². The van der Waals surface area contributed by atoms with E-state index in [1.54, 1.807) is 16.3 Å². The molecule has 160 valence electrons. The van der Waals surface area contributed by atoms with Gasteiger partial charge in [-0.2, -0.15) is 0 Å². The molecule has 3 amide bonds. The molecule has 9 heteroatoms. The Morgan fingerprint density at radius 2 is 1.94 bits per heavy atom. The predicted octanol–water partition coefficient (Wildman–Crippen LogP) is 2.68. The van der Waals surface area contributed by atoms with Crippen molar-refractivity contribution in [1.29, 1.82) is 0 Å². The van der Waals surface area contributed by atoms with Gasteiger partial charge >= 0.3 is 0 Å². The summed E-state index contributed by atoms with van der Waals surface area (Å²) in [7, 11) is 0. The Balaban J connectivity index is 1.37. The van der Waals surface area contributed by atoms with Crippen LogP contribution in [0, 0.1) is 13.8 Å². The van der Waals surface area contributed by atoms with E-state index in [1.165, 1.54) is 11.3 Å². The summed E-state index contributed by atoms with van der Waals surface area (Å²) in [5.74, 6) is -0.703. The maximum absolute atomic E-state index is 12.6. The third kappa shape index (κ3) is 4.36. The highest BCUT2D eigenvalue weighted by atomic mass is 32.1. The Morgan fingerprint density at radius 3 is 2.65 bits per heavy atom. The number of para-hydroxylation sites is 1. The van der Waals surface area contributed by atoms with Gasteiger partial charge in [-0.1, -0.05) is 18.2 Å². The fraction of sp³-hybridized carbons (Fsp3) is 0.273. The van der Waals surface area contributed by atoms with Crippen molar-refractivity contribution in [2.45, 2.75) is 33.1 Å². The zero-order valence-electron chi connectivity index (χ0n) is 17.3. The van der Waals surface area contributed by atoms with Crippen molar-refractivity contribution in [3.63, 3.8) is 0 Å². The lowest BCUT2D eigenvalue weighted by atomic mass is 10.2. The van der Waals surface area contributed by atoms with Crippen molar-refractivity contribution < 1.29 is 14.4 Å². The van der Waals surface area contributed by atoms with E-state index in [9.17, 15) is 14.4 Å². The Morgan fingerprint density at radius 1 is 1.16 bits per heavy atom. The van der Waals surface area contributed by atoms with E-state index < -0.39 is 0 Å². The van der Waals surface area contributed by atoms with E-state index in [-0.39, 0.29) is 24.1 Å². The number of carbonyl (C=O) groups is 3. The summed E-state index contributed by atoms with van der Waals surface area (Å²) in [6.45, 7) is 4.46. The largest absolute Gasteiger partial charge is 0.318 e. The quantitative estimate of drug-likeness (QED) is 0.600. The van der Waals surface area contributed by atoms with Gasteiger partial charge < -0.3 is 4.57 Å². The van der Waals surface area contributed by atoms with Gasteiger partial charge in [0.15, 0.2) is 5.13 Å². The van der Waals surface area contributed by atoms with Crippen LogP contribution >= 0.6 is 11.3 Å². The molecule has 0 saturated carbocycles. The third-order valence-electron chi connectivity index (χ3n) is 5.19. The number of hydrogen-bond acceptors (Lipinski definition) is 5. The lowest BCUT2D eigenvalue weighted by Crippen LogP contribution is -2.42. The maximum Gasteiger partial charge on any atom is 0.271 e. The number of nitrogens with zero attached hydrogens (tertiary/aromatic N) is 3. The number of amides is 3. The first-order chi connectivity index (χ1) is 14.9. The molecule has 0 unspecified atom stereocenters. The van der Waals surface area contributed by atoms with Crippen LogP contribution in [-0.4, -0.2) is 33.8 Å². The number of aromatic nitrogens is 2. The predicted molar refractivity (Wildman–Crippen MR) is 118 cm³/mol. The standard InChI is InChI=1S/C22H23N5O3S/c1-14-11-18(15(2)27(14)17-7-4-3-5-8-17)21(30)25-24-19(28)12-16-13-31-22(23-16)26-10-6-9-20(26)29/h3-5,7-8,11,13H,6,9-10,12H2,1-2H3,(H,24,28)(H,25,30). The molecule has 31 heavy (non-hydrogen) atoms. The summed E-state index contributed by atoms with van der Waals surface area (Å²) in [4.78, 5) is 42.8. The van der Waals surface area contributed by atoms with Crippen molar-refractivity contribution in [2.24, 2.45) is 0 Å².